The first-order valence-electron chi connectivity index (χ1n) is 8.65. The van der Waals surface area contributed by atoms with Crippen LogP contribution in [0.1, 0.15) is 6.42 Å². The van der Waals surface area contributed by atoms with Crippen LogP contribution in [0.25, 0.3) is 10.8 Å². The van der Waals surface area contributed by atoms with E-state index in [9.17, 15) is 9.59 Å². The molecule has 0 bridgehead atoms. The van der Waals surface area contributed by atoms with Crippen molar-refractivity contribution >= 4 is 28.6 Å². The van der Waals surface area contributed by atoms with Crippen LogP contribution in [0.4, 0.5) is 10.6 Å². The fourth-order valence-electron chi connectivity index (χ4n) is 3.38. The van der Waals surface area contributed by atoms with Gasteiger partial charge in [-0.3, -0.25) is 9.69 Å². The second-order valence-electron chi connectivity index (χ2n) is 6.34. The summed E-state index contributed by atoms with van der Waals surface area (Å²) in [6.45, 7) is 2.85. The predicted molar refractivity (Wildman–Crippen MR) is 99.2 cm³/mol. The number of pyridine rings is 1. The van der Waals surface area contributed by atoms with Crippen molar-refractivity contribution in [3.63, 3.8) is 0 Å². The lowest BCUT2D eigenvalue weighted by atomic mass is 10.1. The van der Waals surface area contributed by atoms with Crippen LogP contribution in [0, 0.1) is 0 Å². The summed E-state index contributed by atoms with van der Waals surface area (Å²) in [5, 5.41) is 13.1. The number of carbonyl (C=O) groups is 2. The Hall–Kier alpha value is -2.87. The molecule has 1 aliphatic rings. The number of hydrogen-bond acceptors (Lipinski definition) is 5. The quantitative estimate of drug-likeness (QED) is 0.662. The third-order valence-electron chi connectivity index (χ3n) is 4.67. The van der Waals surface area contributed by atoms with E-state index in [4.69, 9.17) is 10.8 Å². The molecule has 3 rings (SSSR count). The van der Waals surface area contributed by atoms with Crippen molar-refractivity contribution in [1.82, 2.24) is 15.2 Å². The van der Waals surface area contributed by atoms with Crippen LogP contribution in [0.15, 0.2) is 36.5 Å². The molecule has 1 unspecified atom stereocenters. The van der Waals surface area contributed by atoms with Crippen LogP contribution < -0.4 is 16.0 Å². The van der Waals surface area contributed by atoms with Gasteiger partial charge in [-0.1, -0.05) is 24.3 Å². The summed E-state index contributed by atoms with van der Waals surface area (Å²) in [5.74, 6) is 0.489. The Morgan fingerprint density at radius 1 is 1.27 bits per heavy atom. The van der Waals surface area contributed by atoms with Crippen LogP contribution >= 0.6 is 0 Å². The molecule has 0 saturated carbocycles. The minimum absolute atomic E-state index is 0.353. The maximum atomic E-state index is 12.0. The van der Waals surface area contributed by atoms with Gasteiger partial charge in [-0.15, -0.1) is 0 Å². The molecule has 0 spiro atoms. The smallest absolute Gasteiger partial charge is 0.404 e. The van der Waals surface area contributed by atoms with Crippen molar-refractivity contribution in [3.05, 3.63) is 36.5 Å². The molecular weight excluding hydrogens is 334 g/mol. The molecule has 26 heavy (non-hydrogen) atoms. The Morgan fingerprint density at radius 3 is 2.85 bits per heavy atom. The first-order valence-corrected chi connectivity index (χ1v) is 8.65. The van der Waals surface area contributed by atoms with Gasteiger partial charge in [-0.2, -0.15) is 0 Å². The highest BCUT2D eigenvalue weighted by molar-refractivity contribution is 5.92. The fourth-order valence-corrected chi connectivity index (χ4v) is 3.38. The number of hydrogen-bond donors (Lipinski definition) is 3. The van der Waals surface area contributed by atoms with E-state index in [1.54, 1.807) is 6.20 Å². The molecule has 8 heteroatoms. The van der Waals surface area contributed by atoms with E-state index in [1.807, 2.05) is 35.2 Å². The number of nitrogens with two attached hydrogens (primary N) is 1. The Morgan fingerprint density at radius 2 is 2.08 bits per heavy atom. The molecule has 8 nitrogen and oxygen atoms in total. The molecule has 1 aromatic heterocycles. The lowest BCUT2D eigenvalue weighted by Crippen LogP contribution is -2.58. The van der Waals surface area contributed by atoms with Gasteiger partial charge >= 0.3 is 6.09 Å². The van der Waals surface area contributed by atoms with Crippen LogP contribution in [0.5, 0.6) is 0 Å². The van der Waals surface area contributed by atoms with E-state index >= 15 is 0 Å². The van der Waals surface area contributed by atoms with Crippen LogP contribution in [0.3, 0.4) is 0 Å². The molecule has 0 aliphatic carbocycles. The Kier molecular flexibility index (Phi) is 5.52. The average molecular weight is 357 g/mol. The number of nitrogens with zero attached hydrogens (tertiary/aromatic N) is 3. The number of amides is 2. The molecule has 1 aromatic carbocycles. The maximum absolute atomic E-state index is 12.0. The highest BCUT2D eigenvalue weighted by Gasteiger charge is 2.31. The van der Waals surface area contributed by atoms with Crippen LogP contribution in [0.2, 0.25) is 0 Å². The van der Waals surface area contributed by atoms with E-state index < -0.39 is 12.1 Å². The van der Waals surface area contributed by atoms with Crippen molar-refractivity contribution in [2.75, 3.05) is 37.6 Å². The average Bonchev–Trinajstić information content (AvgIpc) is 2.64. The number of primary amides is 1. The zero-order valence-electron chi connectivity index (χ0n) is 14.5. The molecule has 2 amide bonds. The fraction of sp³-hybridized carbons (Fsp3) is 0.389. The minimum atomic E-state index is -1.04. The summed E-state index contributed by atoms with van der Waals surface area (Å²) in [6, 6.07) is 9.58. The zero-order chi connectivity index (χ0) is 18.5. The van der Waals surface area contributed by atoms with Gasteiger partial charge in [-0.25, -0.2) is 9.78 Å². The topological polar surface area (TPSA) is 112 Å². The molecule has 0 radical (unpaired) electrons. The van der Waals surface area contributed by atoms with Crippen molar-refractivity contribution in [2.45, 2.75) is 12.5 Å². The number of rotatable bonds is 6. The molecule has 138 valence electrons. The number of piperazine rings is 1. The van der Waals surface area contributed by atoms with E-state index in [0.29, 0.717) is 32.6 Å². The zero-order valence-corrected chi connectivity index (χ0v) is 14.5. The van der Waals surface area contributed by atoms with E-state index in [1.165, 1.54) is 0 Å². The first kappa shape index (κ1) is 17.9. The number of nitrogens with one attached hydrogen (secondary N) is 1. The molecule has 1 saturated heterocycles. The maximum Gasteiger partial charge on any atom is 0.404 e. The normalized spacial score (nSPS) is 18.0. The largest absolute Gasteiger partial charge is 0.465 e. The SMILES string of the molecule is NC(=O)C1CN(c2nccc3ccccc23)CCN1CCCNC(=O)O. The molecule has 1 atom stereocenters. The second kappa shape index (κ2) is 8.01. The summed E-state index contributed by atoms with van der Waals surface area (Å²) in [7, 11) is 0. The van der Waals surface area contributed by atoms with Gasteiger partial charge in [0.25, 0.3) is 0 Å². The lowest BCUT2D eigenvalue weighted by molar-refractivity contribution is -0.123. The van der Waals surface area contributed by atoms with E-state index in [2.05, 4.69) is 15.2 Å². The minimum Gasteiger partial charge on any atom is -0.465 e. The molecule has 2 heterocycles. The number of aromatic nitrogens is 1. The highest BCUT2D eigenvalue weighted by Crippen LogP contribution is 2.26. The summed E-state index contributed by atoms with van der Waals surface area (Å²) >= 11 is 0. The van der Waals surface area contributed by atoms with Gasteiger partial charge in [0, 0.05) is 44.3 Å². The molecule has 2 aromatic rings. The third kappa shape index (κ3) is 4.02. The Labute approximate surface area is 151 Å². The number of carbonyl (C=O) groups excluding carboxylic acids is 1. The standard InChI is InChI=1S/C18H23N5O3/c19-16(24)15-12-23(11-10-22(15)9-3-7-21-18(25)26)17-14-5-2-1-4-13(14)6-8-20-17/h1-2,4-6,8,15,21H,3,7,9-12H2,(H2,19,24)(H,25,26). The van der Waals surface area contributed by atoms with Crippen LogP contribution in [-0.4, -0.2) is 65.8 Å². The summed E-state index contributed by atoms with van der Waals surface area (Å²) in [4.78, 5) is 31.1. The van der Waals surface area contributed by atoms with Gasteiger partial charge < -0.3 is 21.1 Å². The Balaban J connectivity index is 1.71. The summed E-state index contributed by atoms with van der Waals surface area (Å²) in [5.41, 5.74) is 5.63. The molecule has 1 fully saturated rings. The van der Waals surface area contributed by atoms with Crippen molar-refractivity contribution in [2.24, 2.45) is 5.73 Å². The summed E-state index contributed by atoms with van der Waals surface area (Å²) in [6.07, 6.45) is 1.37. The van der Waals surface area contributed by atoms with Crippen molar-refractivity contribution in [1.29, 1.82) is 0 Å². The first-order chi connectivity index (χ1) is 12.6. The van der Waals surface area contributed by atoms with Gasteiger partial charge in [0.15, 0.2) is 0 Å². The summed E-state index contributed by atoms with van der Waals surface area (Å²) < 4.78 is 0. The number of anilines is 1. The Bertz CT molecular complexity index is 792. The number of benzene rings is 1. The monoisotopic (exact) mass is 357 g/mol. The second-order valence-corrected chi connectivity index (χ2v) is 6.34. The van der Waals surface area contributed by atoms with Gasteiger partial charge in [0.2, 0.25) is 5.91 Å². The van der Waals surface area contributed by atoms with E-state index in [0.717, 1.165) is 23.1 Å². The molecular formula is C18H23N5O3. The molecule has 4 N–H and O–H groups in total. The van der Waals surface area contributed by atoms with Gasteiger partial charge in [0.05, 0.1) is 0 Å². The van der Waals surface area contributed by atoms with Crippen molar-refractivity contribution in [3.8, 4) is 0 Å². The van der Waals surface area contributed by atoms with Gasteiger partial charge in [-0.05, 0) is 17.9 Å². The predicted octanol–water partition coefficient (Wildman–Crippen LogP) is 0.868. The highest BCUT2D eigenvalue weighted by atomic mass is 16.4. The van der Waals surface area contributed by atoms with Gasteiger partial charge in [0.1, 0.15) is 11.9 Å². The van der Waals surface area contributed by atoms with E-state index in [-0.39, 0.29) is 5.91 Å². The number of fused-ring (bicyclic) bond motifs is 1. The lowest BCUT2D eigenvalue weighted by Gasteiger charge is -2.40. The third-order valence-corrected chi connectivity index (χ3v) is 4.67. The number of carboxylic acid groups (broad SMARTS) is 1. The van der Waals surface area contributed by atoms with Crippen LogP contribution in [-0.2, 0) is 4.79 Å². The van der Waals surface area contributed by atoms with Crippen molar-refractivity contribution < 1.29 is 14.7 Å². The molecule has 1 aliphatic heterocycles.